The number of fused-ring (bicyclic) bond motifs is 1. The molecule has 26 heavy (non-hydrogen) atoms. The van der Waals surface area contributed by atoms with Gasteiger partial charge in [0.1, 0.15) is 5.69 Å². The van der Waals surface area contributed by atoms with Crippen molar-refractivity contribution in [1.29, 1.82) is 0 Å². The molecular weight excluding hydrogens is 332 g/mol. The highest BCUT2D eigenvalue weighted by Gasteiger charge is 2.52. The molecule has 1 aromatic heterocycles. The number of urea groups is 1. The minimum absolute atomic E-state index is 0.288. The van der Waals surface area contributed by atoms with Crippen LogP contribution in [0.15, 0.2) is 23.2 Å². The minimum Gasteiger partial charge on any atom is -0.270 e. The minimum atomic E-state index is -0.645. The maximum Gasteiger partial charge on any atom is 0.421 e. The van der Waals surface area contributed by atoms with E-state index in [-0.39, 0.29) is 11.9 Å². The van der Waals surface area contributed by atoms with Gasteiger partial charge in [0.05, 0.1) is 12.2 Å². The summed E-state index contributed by atoms with van der Waals surface area (Å²) in [5.41, 5.74) is 2.88. The number of likely N-dealkylation sites (N-methyl/N-ethyl adjacent to an activating group) is 2. The summed E-state index contributed by atoms with van der Waals surface area (Å²) >= 11 is 0. The van der Waals surface area contributed by atoms with Gasteiger partial charge in [0.2, 0.25) is 11.9 Å². The van der Waals surface area contributed by atoms with Gasteiger partial charge in [-0.05, 0) is 25.0 Å². The molecular formula is C18H25N6O2+. The van der Waals surface area contributed by atoms with Crippen molar-refractivity contribution in [2.75, 3.05) is 20.6 Å². The Labute approximate surface area is 153 Å². The zero-order valence-electron chi connectivity index (χ0n) is 16.0. The molecule has 8 heteroatoms. The lowest BCUT2D eigenvalue weighted by Crippen LogP contribution is -2.61. The number of aliphatic imine (C=N–C) groups is 1. The summed E-state index contributed by atoms with van der Waals surface area (Å²) in [7, 11) is 3.13. The molecule has 3 rings (SSSR count). The van der Waals surface area contributed by atoms with Crippen LogP contribution >= 0.6 is 0 Å². The number of carbonyl (C=O) groups excluding carboxylic acids is 2. The van der Waals surface area contributed by atoms with Gasteiger partial charge in [-0.15, -0.1) is 9.78 Å². The molecule has 0 saturated carbocycles. The van der Waals surface area contributed by atoms with Crippen LogP contribution in [0.4, 0.5) is 4.79 Å². The molecule has 2 aliphatic heterocycles. The lowest BCUT2D eigenvalue weighted by atomic mass is 10.1. The number of rotatable bonds is 4. The largest absolute Gasteiger partial charge is 0.421 e. The van der Waals surface area contributed by atoms with E-state index in [2.05, 4.69) is 29.7 Å². The van der Waals surface area contributed by atoms with Crippen molar-refractivity contribution in [2.24, 2.45) is 4.99 Å². The average Bonchev–Trinajstić information content (AvgIpc) is 3.18. The Morgan fingerprint density at radius 3 is 2.50 bits per heavy atom. The second-order valence-electron chi connectivity index (χ2n) is 6.74. The van der Waals surface area contributed by atoms with Gasteiger partial charge in [-0.3, -0.25) is 14.6 Å². The van der Waals surface area contributed by atoms with Crippen LogP contribution in [0.5, 0.6) is 0 Å². The summed E-state index contributed by atoms with van der Waals surface area (Å²) < 4.78 is 3.67. The van der Waals surface area contributed by atoms with E-state index in [1.807, 2.05) is 18.4 Å². The number of aryl methyl sites for hydroxylation is 2. The predicted octanol–water partition coefficient (Wildman–Crippen LogP) is 1.11. The third-order valence-corrected chi connectivity index (χ3v) is 4.70. The molecule has 1 saturated heterocycles. The molecule has 1 unspecified atom stereocenters. The fourth-order valence-electron chi connectivity index (χ4n) is 3.28. The molecule has 1 fully saturated rings. The van der Waals surface area contributed by atoms with E-state index in [4.69, 9.17) is 0 Å². The predicted molar refractivity (Wildman–Crippen MR) is 98.5 cm³/mol. The Morgan fingerprint density at radius 1 is 1.23 bits per heavy atom. The second-order valence-corrected chi connectivity index (χ2v) is 6.74. The van der Waals surface area contributed by atoms with Crippen LogP contribution in [0, 0.1) is 0 Å². The zero-order chi connectivity index (χ0) is 19.2. The third kappa shape index (κ3) is 2.65. The van der Waals surface area contributed by atoms with Crippen LogP contribution in [-0.2, 0) is 17.6 Å². The van der Waals surface area contributed by atoms with E-state index in [9.17, 15) is 9.59 Å². The maximum absolute atomic E-state index is 12.8. The highest BCUT2D eigenvalue weighted by atomic mass is 16.2. The molecule has 0 N–H and O–H groups in total. The summed E-state index contributed by atoms with van der Waals surface area (Å²) in [4.78, 5) is 32.4. The number of imide groups is 1. The first-order valence-electron chi connectivity index (χ1n) is 8.80. The monoisotopic (exact) mass is 357 g/mol. The summed E-state index contributed by atoms with van der Waals surface area (Å²) in [5.74, 6) is 0.710. The van der Waals surface area contributed by atoms with E-state index in [0.717, 1.165) is 34.7 Å². The third-order valence-electron chi connectivity index (χ3n) is 4.70. The molecule has 2 aliphatic rings. The topological polar surface area (TPSA) is 73.8 Å². The molecule has 3 heterocycles. The van der Waals surface area contributed by atoms with Crippen molar-refractivity contribution < 1.29 is 14.2 Å². The smallest absolute Gasteiger partial charge is 0.270 e. The summed E-state index contributed by atoms with van der Waals surface area (Å²) in [5, 5.41) is 4.66. The first kappa shape index (κ1) is 18.0. The lowest BCUT2D eigenvalue weighted by molar-refractivity contribution is -0.529. The Hall–Kier alpha value is -2.77. The zero-order valence-corrected chi connectivity index (χ0v) is 16.0. The highest BCUT2D eigenvalue weighted by molar-refractivity contribution is 6.22. The van der Waals surface area contributed by atoms with Crippen LogP contribution in [0.2, 0.25) is 0 Å². The van der Waals surface area contributed by atoms with E-state index >= 15 is 0 Å². The maximum atomic E-state index is 12.8. The van der Waals surface area contributed by atoms with Crippen molar-refractivity contribution in [3.63, 3.8) is 0 Å². The van der Waals surface area contributed by atoms with E-state index in [0.29, 0.717) is 18.3 Å². The van der Waals surface area contributed by atoms with Crippen molar-refractivity contribution in [2.45, 2.75) is 39.7 Å². The number of nitrogens with zero attached hydrogens (tertiary/aromatic N) is 6. The van der Waals surface area contributed by atoms with E-state index in [1.165, 1.54) is 11.9 Å². The number of carbonyl (C=O) groups is 2. The molecule has 0 radical (unpaired) electrons. The summed E-state index contributed by atoms with van der Waals surface area (Å²) in [6.45, 7) is 10.5. The van der Waals surface area contributed by atoms with Crippen LogP contribution in [-0.4, -0.2) is 74.6 Å². The van der Waals surface area contributed by atoms with Crippen LogP contribution in [0.3, 0.4) is 0 Å². The standard InChI is InChI=1S/C18H25N6O2/c1-7-12-9-13(8-2)24(20-12)17-19-15-14(23(17)10-11(3)4)16(25)22(6)18(26)21(15)5/h9,14H,3,7-8,10H2,1-2,4-6H3/q+1. The number of hydrogen-bond acceptors (Lipinski definition) is 4. The summed E-state index contributed by atoms with van der Waals surface area (Å²) in [6.07, 6.45) is 1.60. The highest BCUT2D eigenvalue weighted by Crippen LogP contribution is 2.21. The molecule has 0 spiro atoms. The van der Waals surface area contributed by atoms with Gasteiger partial charge in [-0.2, -0.15) is 0 Å². The van der Waals surface area contributed by atoms with Gasteiger partial charge in [0.25, 0.3) is 5.91 Å². The molecule has 0 aromatic carbocycles. The molecule has 0 bridgehead atoms. The average molecular weight is 357 g/mol. The molecule has 1 aromatic rings. The van der Waals surface area contributed by atoms with E-state index in [1.54, 1.807) is 11.7 Å². The molecule has 3 amide bonds. The Balaban J connectivity index is 2.20. The van der Waals surface area contributed by atoms with Crippen LogP contribution < -0.4 is 0 Å². The van der Waals surface area contributed by atoms with Gasteiger partial charge in [0.15, 0.2) is 0 Å². The number of amides is 3. The van der Waals surface area contributed by atoms with Gasteiger partial charge in [0, 0.05) is 20.5 Å². The number of aromatic nitrogens is 2. The number of hydrogen-bond donors (Lipinski definition) is 0. The van der Waals surface area contributed by atoms with Crippen molar-refractivity contribution in [1.82, 2.24) is 19.6 Å². The normalized spacial score (nSPS) is 20.0. The fraction of sp³-hybridized carbons (Fsp3) is 0.500. The second kappa shape index (κ2) is 6.51. The van der Waals surface area contributed by atoms with Crippen molar-refractivity contribution in [3.05, 3.63) is 29.6 Å². The quantitative estimate of drug-likeness (QED) is 0.598. The fourth-order valence-corrected chi connectivity index (χ4v) is 3.28. The molecule has 1 atom stereocenters. The Kier molecular flexibility index (Phi) is 4.52. The van der Waals surface area contributed by atoms with Gasteiger partial charge in [-0.25, -0.2) is 9.37 Å². The van der Waals surface area contributed by atoms with Crippen LogP contribution in [0.25, 0.3) is 0 Å². The van der Waals surface area contributed by atoms with Gasteiger partial charge in [-0.1, -0.05) is 25.4 Å². The SMILES string of the molecule is C=C(C)C[N+]1=C(n2nc(CC)cc2CC)N=C2C1C(=O)N(C)C(=O)N2C. The molecule has 138 valence electrons. The van der Waals surface area contributed by atoms with Crippen LogP contribution in [0.1, 0.15) is 32.2 Å². The first-order chi connectivity index (χ1) is 12.3. The van der Waals surface area contributed by atoms with Gasteiger partial charge >= 0.3 is 12.0 Å². The summed E-state index contributed by atoms with van der Waals surface area (Å²) in [6, 6.07) is 1.03. The lowest BCUT2D eigenvalue weighted by Gasteiger charge is -2.31. The van der Waals surface area contributed by atoms with E-state index < -0.39 is 6.04 Å². The first-order valence-corrected chi connectivity index (χ1v) is 8.80. The van der Waals surface area contributed by atoms with Crippen molar-refractivity contribution in [3.8, 4) is 0 Å². The van der Waals surface area contributed by atoms with Gasteiger partial charge < -0.3 is 0 Å². The molecule has 0 aliphatic carbocycles. The number of amidine groups is 1. The Bertz CT molecular complexity index is 863. The van der Waals surface area contributed by atoms with Crippen molar-refractivity contribution >= 4 is 23.7 Å². The molecule has 8 nitrogen and oxygen atoms in total. The Morgan fingerprint density at radius 2 is 1.92 bits per heavy atom.